The number of hydrogen-bond donors (Lipinski definition) is 3. The van der Waals surface area contributed by atoms with Gasteiger partial charge < -0.3 is 25.2 Å². The summed E-state index contributed by atoms with van der Waals surface area (Å²) in [5.74, 6) is -2.36. The zero-order valence-electron chi connectivity index (χ0n) is 22.7. The Labute approximate surface area is 223 Å². The molecule has 0 saturated heterocycles. The maximum Gasteiger partial charge on any atom is 0.410 e. The van der Waals surface area contributed by atoms with E-state index in [4.69, 9.17) is 4.74 Å². The normalized spacial score (nSPS) is 13.5. The smallest absolute Gasteiger partial charge is 0.410 e. The van der Waals surface area contributed by atoms with E-state index >= 15 is 0 Å². The number of nitrogens with zero attached hydrogens (tertiary/aromatic N) is 2. The Morgan fingerprint density at radius 3 is 1.97 bits per heavy atom. The molecule has 0 unspecified atom stereocenters. The van der Waals surface area contributed by atoms with Gasteiger partial charge in [0.05, 0.1) is 0 Å². The molecular formula is C28H37N3O7. The van der Waals surface area contributed by atoms with Crippen LogP contribution in [-0.2, 0) is 32.0 Å². The number of rotatable bonds is 10. The Hall–Kier alpha value is -4.08. The summed E-state index contributed by atoms with van der Waals surface area (Å²) in [4.78, 5) is 53.7. The molecule has 3 atom stereocenters. The van der Waals surface area contributed by atoms with Crippen LogP contribution in [0.4, 0.5) is 4.79 Å². The number of carboxylic acids is 1. The summed E-state index contributed by atoms with van der Waals surface area (Å²) in [5, 5.41) is 21.6. The zero-order chi connectivity index (χ0) is 28.6. The van der Waals surface area contributed by atoms with Gasteiger partial charge in [-0.15, -0.1) is 0 Å². The largest absolute Gasteiger partial charge is 0.508 e. The minimum absolute atomic E-state index is 0.0102. The predicted octanol–water partition coefficient (Wildman–Crippen LogP) is 2.83. The van der Waals surface area contributed by atoms with Crippen molar-refractivity contribution in [1.82, 2.24) is 15.1 Å². The van der Waals surface area contributed by atoms with Crippen molar-refractivity contribution in [2.75, 3.05) is 14.1 Å². The maximum absolute atomic E-state index is 13.6. The summed E-state index contributed by atoms with van der Waals surface area (Å²) in [5.41, 5.74) is 0.648. The van der Waals surface area contributed by atoms with E-state index in [0.29, 0.717) is 5.56 Å². The molecule has 0 aromatic heterocycles. The molecule has 2 aromatic carbocycles. The molecule has 0 aliphatic rings. The van der Waals surface area contributed by atoms with Crippen LogP contribution in [0.3, 0.4) is 0 Å². The molecule has 0 bridgehead atoms. The Balaban J connectivity index is 2.20. The van der Waals surface area contributed by atoms with Crippen molar-refractivity contribution in [2.24, 2.45) is 0 Å². The Morgan fingerprint density at radius 1 is 0.895 bits per heavy atom. The van der Waals surface area contributed by atoms with Gasteiger partial charge in [-0.3, -0.25) is 14.5 Å². The van der Waals surface area contributed by atoms with Crippen LogP contribution < -0.4 is 5.32 Å². The number of nitrogens with one attached hydrogen (secondary N) is 1. The van der Waals surface area contributed by atoms with Gasteiger partial charge in [0, 0.05) is 26.9 Å². The van der Waals surface area contributed by atoms with Crippen LogP contribution in [0.15, 0.2) is 54.6 Å². The van der Waals surface area contributed by atoms with Crippen LogP contribution in [0.25, 0.3) is 0 Å². The third-order valence-corrected chi connectivity index (χ3v) is 6.00. The van der Waals surface area contributed by atoms with E-state index in [9.17, 15) is 29.4 Å². The molecule has 3 amide bonds. The number of carboxylic acid groups (broad SMARTS) is 1. The summed E-state index contributed by atoms with van der Waals surface area (Å²) in [6.45, 7) is 6.66. The van der Waals surface area contributed by atoms with E-state index in [1.54, 1.807) is 32.9 Å². The summed E-state index contributed by atoms with van der Waals surface area (Å²) >= 11 is 0. The average molecular weight is 528 g/mol. The standard InChI is InChI=1S/C28H37N3O7/c1-18(24(33)29-22(26(35)36)16-20-12-14-21(32)15-13-20)30(5)25(34)23(17-19-10-8-7-9-11-19)31(6)27(37)38-28(2,3)4/h7-15,18,22-23,32H,16-17H2,1-6H3,(H,29,33)(H,35,36)/t18-,22-,23-/m0/s1. The third kappa shape index (κ3) is 8.79. The third-order valence-electron chi connectivity index (χ3n) is 6.00. The lowest BCUT2D eigenvalue weighted by Gasteiger charge is -2.34. The lowest BCUT2D eigenvalue weighted by atomic mass is 10.0. The van der Waals surface area contributed by atoms with Gasteiger partial charge in [0.25, 0.3) is 0 Å². The fourth-order valence-corrected chi connectivity index (χ4v) is 3.65. The van der Waals surface area contributed by atoms with Crippen molar-refractivity contribution >= 4 is 23.9 Å². The summed E-state index contributed by atoms with van der Waals surface area (Å²) in [6, 6.07) is 11.9. The lowest BCUT2D eigenvalue weighted by molar-refractivity contribution is -0.145. The topological polar surface area (TPSA) is 136 Å². The number of aliphatic carboxylic acids is 1. The van der Waals surface area contributed by atoms with Gasteiger partial charge >= 0.3 is 12.1 Å². The predicted molar refractivity (Wildman–Crippen MR) is 142 cm³/mol. The molecule has 0 aliphatic heterocycles. The molecule has 0 fully saturated rings. The first-order valence-corrected chi connectivity index (χ1v) is 12.3. The Morgan fingerprint density at radius 2 is 1.45 bits per heavy atom. The first-order valence-electron chi connectivity index (χ1n) is 12.3. The van der Waals surface area contributed by atoms with Crippen LogP contribution in [0.2, 0.25) is 0 Å². The second-order valence-corrected chi connectivity index (χ2v) is 10.2. The highest BCUT2D eigenvalue weighted by Gasteiger charge is 2.35. The van der Waals surface area contributed by atoms with Crippen LogP contribution in [0, 0.1) is 0 Å². The fourth-order valence-electron chi connectivity index (χ4n) is 3.65. The van der Waals surface area contributed by atoms with Crippen LogP contribution in [-0.4, -0.2) is 81.7 Å². The van der Waals surface area contributed by atoms with Gasteiger partial charge in [0.2, 0.25) is 11.8 Å². The molecule has 3 N–H and O–H groups in total. The number of benzene rings is 2. The Bertz CT molecular complexity index is 1110. The second-order valence-electron chi connectivity index (χ2n) is 10.2. The van der Waals surface area contributed by atoms with Crippen molar-refractivity contribution in [3.05, 3.63) is 65.7 Å². The number of likely N-dealkylation sites (N-methyl/N-ethyl adjacent to an activating group) is 2. The minimum Gasteiger partial charge on any atom is -0.508 e. The molecule has 2 rings (SSSR count). The lowest BCUT2D eigenvalue weighted by Crippen LogP contribution is -2.56. The van der Waals surface area contributed by atoms with Gasteiger partial charge in [-0.2, -0.15) is 0 Å². The van der Waals surface area contributed by atoms with E-state index in [-0.39, 0.29) is 18.6 Å². The molecular weight excluding hydrogens is 490 g/mol. The molecule has 0 radical (unpaired) electrons. The van der Waals surface area contributed by atoms with Gasteiger partial charge in [-0.05, 0) is 51.0 Å². The number of ether oxygens (including phenoxy) is 1. The molecule has 0 saturated carbocycles. The van der Waals surface area contributed by atoms with E-state index in [2.05, 4.69) is 5.32 Å². The number of carbonyl (C=O) groups excluding carboxylic acids is 3. The molecule has 2 aromatic rings. The van der Waals surface area contributed by atoms with Gasteiger partial charge in [-0.1, -0.05) is 42.5 Å². The van der Waals surface area contributed by atoms with E-state index in [1.165, 1.54) is 43.0 Å². The van der Waals surface area contributed by atoms with Crippen molar-refractivity contribution in [3.63, 3.8) is 0 Å². The first kappa shape index (κ1) is 30.1. The number of phenols is 1. The van der Waals surface area contributed by atoms with Crippen molar-refractivity contribution < 1.29 is 34.1 Å². The highest BCUT2D eigenvalue weighted by atomic mass is 16.6. The number of phenolic OH excluding ortho intramolecular Hbond substituents is 1. The minimum atomic E-state index is -1.25. The monoisotopic (exact) mass is 527 g/mol. The molecule has 0 aliphatic carbocycles. The quantitative estimate of drug-likeness (QED) is 0.432. The van der Waals surface area contributed by atoms with E-state index < -0.39 is 47.6 Å². The molecule has 10 heteroatoms. The second kappa shape index (κ2) is 12.9. The summed E-state index contributed by atoms with van der Waals surface area (Å²) < 4.78 is 5.46. The van der Waals surface area contributed by atoms with Crippen molar-refractivity contribution in [3.8, 4) is 5.75 Å². The molecule has 0 heterocycles. The SMILES string of the molecule is C[C@@H](C(=O)N[C@@H](Cc1ccc(O)cc1)C(=O)O)N(C)C(=O)[C@H](Cc1ccccc1)N(C)C(=O)OC(C)(C)C. The maximum atomic E-state index is 13.6. The highest BCUT2D eigenvalue weighted by Crippen LogP contribution is 2.17. The number of amides is 3. The van der Waals surface area contributed by atoms with Crippen molar-refractivity contribution in [2.45, 2.75) is 64.3 Å². The molecule has 0 spiro atoms. The Kier molecular flexibility index (Phi) is 10.3. The average Bonchev–Trinajstić information content (AvgIpc) is 2.85. The summed E-state index contributed by atoms with van der Waals surface area (Å²) in [6.07, 6.45) is -0.506. The van der Waals surface area contributed by atoms with Crippen molar-refractivity contribution in [1.29, 1.82) is 0 Å². The van der Waals surface area contributed by atoms with E-state index in [1.807, 2.05) is 30.3 Å². The van der Waals surface area contributed by atoms with Gasteiger partial charge in [-0.25, -0.2) is 9.59 Å². The number of hydrogen-bond acceptors (Lipinski definition) is 6. The molecule has 206 valence electrons. The fraction of sp³-hybridized carbons (Fsp3) is 0.429. The van der Waals surface area contributed by atoms with Gasteiger partial charge in [0.1, 0.15) is 29.5 Å². The number of carbonyl (C=O) groups is 4. The van der Waals surface area contributed by atoms with Crippen LogP contribution in [0.5, 0.6) is 5.75 Å². The van der Waals surface area contributed by atoms with Crippen LogP contribution in [0.1, 0.15) is 38.8 Å². The van der Waals surface area contributed by atoms with Gasteiger partial charge in [0.15, 0.2) is 0 Å². The van der Waals surface area contributed by atoms with E-state index in [0.717, 1.165) is 5.56 Å². The number of aromatic hydroxyl groups is 1. The zero-order valence-corrected chi connectivity index (χ0v) is 22.7. The highest BCUT2D eigenvalue weighted by molar-refractivity contribution is 5.92. The summed E-state index contributed by atoms with van der Waals surface area (Å²) in [7, 11) is 2.90. The molecule has 38 heavy (non-hydrogen) atoms. The first-order chi connectivity index (χ1) is 17.7. The molecule has 10 nitrogen and oxygen atoms in total. The van der Waals surface area contributed by atoms with Crippen LogP contribution >= 0.6 is 0 Å².